The Morgan fingerprint density at radius 3 is 2.72 bits per heavy atom. The van der Waals surface area contributed by atoms with Crippen LogP contribution in [0.15, 0.2) is 42.7 Å². The van der Waals surface area contributed by atoms with Crippen LogP contribution in [-0.2, 0) is 4.79 Å². The number of halogens is 2. The van der Waals surface area contributed by atoms with Gasteiger partial charge in [-0.3, -0.25) is 0 Å². The first kappa shape index (κ1) is 16.5. The molecule has 7 nitrogen and oxygen atoms in total. The number of hydrogen-bond acceptors (Lipinski definition) is 5. The summed E-state index contributed by atoms with van der Waals surface area (Å²) in [7, 11) is 0. The van der Waals surface area contributed by atoms with Crippen LogP contribution in [0, 0.1) is 11.8 Å². The van der Waals surface area contributed by atoms with Crippen molar-refractivity contribution in [1.29, 1.82) is 0 Å². The number of aliphatic carboxylic acids is 1. The molecule has 3 aromatic rings. The maximum Gasteiger partial charge on any atom is 0.344 e. The van der Waals surface area contributed by atoms with Gasteiger partial charge in [0.25, 0.3) is 0 Å². The minimum absolute atomic E-state index is 0.0423. The molecule has 128 valence electrons. The van der Waals surface area contributed by atoms with Crippen molar-refractivity contribution in [2.24, 2.45) is 0 Å². The zero-order valence-corrected chi connectivity index (χ0v) is 12.9. The lowest BCUT2D eigenvalue weighted by Crippen LogP contribution is -2.23. The minimum Gasteiger partial charge on any atom is -0.479 e. The highest BCUT2D eigenvalue weighted by Gasteiger charge is 2.20. The van der Waals surface area contributed by atoms with Crippen LogP contribution in [-0.4, -0.2) is 36.9 Å². The van der Waals surface area contributed by atoms with Crippen molar-refractivity contribution in [3.8, 4) is 23.0 Å². The molecular formula is C16H12F2N4O3. The SMILES string of the molecule is C[C@@H](Oc1cc(-c2ccc(F)nc2)n(-c2ncccc2F)n1)C(=O)O. The molecule has 3 heterocycles. The fraction of sp³-hybridized carbons (Fsp3) is 0.125. The normalized spacial score (nSPS) is 12.0. The van der Waals surface area contributed by atoms with Crippen LogP contribution in [0.3, 0.4) is 0 Å². The lowest BCUT2D eigenvalue weighted by atomic mass is 10.2. The van der Waals surface area contributed by atoms with E-state index < -0.39 is 23.8 Å². The largest absolute Gasteiger partial charge is 0.479 e. The number of carbonyl (C=O) groups is 1. The van der Waals surface area contributed by atoms with E-state index in [0.29, 0.717) is 11.3 Å². The van der Waals surface area contributed by atoms with Crippen molar-refractivity contribution in [1.82, 2.24) is 19.7 Å². The maximum absolute atomic E-state index is 14.1. The third-order valence-corrected chi connectivity index (χ3v) is 3.30. The Kier molecular flexibility index (Phi) is 4.38. The van der Waals surface area contributed by atoms with Gasteiger partial charge in [-0.15, -0.1) is 5.10 Å². The molecule has 1 atom stereocenters. The van der Waals surface area contributed by atoms with Crippen molar-refractivity contribution in [2.45, 2.75) is 13.0 Å². The van der Waals surface area contributed by atoms with Crippen molar-refractivity contribution in [3.63, 3.8) is 0 Å². The summed E-state index contributed by atoms with van der Waals surface area (Å²) in [5.74, 6) is -2.64. The highest BCUT2D eigenvalue weighted by molar-refractivity contribution is 5.72. The monoisotopic (exact) mass is 346 g/mol. The summed E-state index contributed by atoms with van der Waals surface area (Å²) in [6.07, 6.45) is 1.47. The number of aromatic nitrogens is 4. The first-order valence-electron chi connectivity index (χ1n) is 7.18. The van der Waals surface area contributed by atoms with E-state index in [2.05, 4.69) is 15.1 Å². The Morgan fingerprint density at radius 2 is 2.08 bits per heavy atom. The van der Waals surface area contributed by atoms with Gasteiger partial charge in [-0.1, -0.05) is 0 Å². The van der Waals surface area contributed by atoms with Gasteiger partial charge in [-0.05, 0) is 31.2 Å². The van der Waals surface area contributed by atoms with Gasteiger partial charge in [0.05, 0.1) is 5.69 Å². The quantitative estimate of drug-likeness (QED) is 0.714. The molecule has 0 radical (unpaired) electrons. The van der Waals surface area contributed by atoms with Gasteiger partial charge in [0, 0.05) is 24.0 Å². The van der Waals surface area contributed by atoms with Crippen LogP contribution in [0.1, 0.15) is 6.92 Å². The van der Waals surface area contributed by atoms with Gasteiger partial charge in [0.15, 0.2) is 17.7 Å². The van der Waals surface area contributed by atoms with E-state index in [1.54, 1.807) is 0 Å². The minimum atomic E-state index is -1.18. The van der Waals surface area contributed by atoms with E-state index in [-0.39, 0.29) is 11.7 Å². The van der Waals surface area contributed by atoms with E-state index >= 15 is 0 Å². The molecule has 0 aliphatic carbocycles. The van der Waals surface area contributed by atoms with Crippen molar-refractivity contribution >= 4 is 5.97 Å². The van der Waals surface area contributed by atoms with Crippen LogP contribution in [0.4, 0.5) is 8.78 Å². The van der Waals surface area contributed by atoms with Crippen LogP contribution in [0.2, 0.25) is 0 Å². The first-order valence-corrected chi connectivity index (χ1v) is 7.18. The molecule has 0 saturated carbocycles. The molecular weight excluding hydrogens is 334 g/mol. The number of hydrogen-bond donors (Lipinski definition) is 1. The molecule has 0 bridgehead atoms. The molecule has 3 rings (SSSR count). The Morgan fingerprint density at radius 1 is 1.28 bits per heavy atom. The Hall–Kier alpha value is -3.36. The number of nitrogens with zero attached hydrogens (tertiary/aromatic N) is 4. The topological polar surface area (TPSA) is 90.1 Å². The van der Waals surface area contributed by atoms with Gasteiger partial charge in [-0.2, -0.15) is 4.39 Å². The molecule has 0 fully saturated rings. The molecule has 0 unspecified atom stereocenters. The molecule has 0 aromatic carbocycles. The number of ether oxygens (including phenoxy) is 1. The highest BCUT2D eigenvalue weighted by atomic mass is 19.1. The smallest absolute Gasteiger partial charge is 0.344 e. The molecule has 0 aliphatic heterocycles. The standard InChI is InChI=1S/C16H12F2N4O3/c1-9(16(23)24)25-14-7-12(10-4-5-13(18)20-8-10)22(21-14)15-11(17)3-2-6-19-15/h2-9H,1H3,(H,23,24)/t9-/m1/s1. The molecule has 0 spiro atoms. The van der Waals surface area contributed by atoms with Crippen molar-refractivity contribution in [2.75, 3.05) is 0 Å². The number of pyridine rings is 2. The Labute approximate surface area is 140 Å². The van der Waals surface area contributed by atoms with E-state index in [1.807, 2.05) is 0 Å². The molecule has 25 heavy (non-hydrogen) atoms. The van der Waals surface area contributed by atoms with Crippen molar-refractivity contribution in [3.05, 3.63) is 54.5 Å². The summed E-state index contributed by atoms with van der Waals surface area (Å²) in [6, 6.07) is 6.61. The average molecular weight is 346 g/mol. The van der Waals surface area contributed by atoms with Gasteiger partial charge in [0.2, 0.25) is 11.8 Å². The summed E-state index contributed by atoms with van der Waals surface area (Å²) in [4.78, 5) is 18.4. The summed E-state index contributed by atoms with van der Waals surface area (Å²) in [5.41, 5.74) is 0.745. The molecule has 9 heteroatoms. The Bertz CT molecular complexity index is 912. The third-order valence-electron chi connectivity index (χ3n) is 3.30. The number of carboxylic acids is 1. The predicted molar refractivity (Wildman–Crippen MR) is 82.2 cm³/mol. The van der Waals surface area contributed by atoms with Gasteiger partial charge < -0.3 is 9.84 Å². The molecule has 3 aromatic heterocycles. The number of rotatable bonds is 5. The first-order chi connectivity index (χ1) is 12.0. The summed E-state index contributed by atoms with van der Waals surface area (Å²) < 4.78 is 33.5. The van der Waals surface area contributed by atoms with Crippen LogP contribution in [0.5, 0.6) is 5.88 Å². The van der Waals surface area contributed by atoms with Crippen LogP contribution < -0.4 is 4.74 Å². The zero-order chi connectivity index (χ0) is 18.0. The molecule has 0 amide bonds. The third kappa shape index (κ3) is 3.44. The van der Waals surface area contributed by atoms with E-state index in [0.717, 1.165) is 10.7 Å². The lowest BCUT2D eigenvalue weighted by Gasteiger charge is -2.07. The van der Waals surface area contributed by atoms with E-state index in [1.165, 1.54) is 43.6 Å². The fourth-order valence-electron chi connectivity index (χ4n) is 2.08. The second-order valence-corrected chi connectivity index (χ2v) is 5.06. The second kappa shape index (κ2) is 6.63. The Balaban J connectivity index is 2.11. The summed E-state index contributed by atoms with van der Waals surface area (Å²) in [5, 5.41) is 13.0. The molecule has 0 aliphatic rings. The average Bonchev–Trinajstić information content (AvgIpc) is 2.99. The zero-order valence-electron chi connectivity index (χ0n) is 12.9. The predicted octanol–water partition coefficient (Wildman–Crippen LogP) is 2.46. The lowest BCUT2D eigenvalue weighted by molar-refractivity contribution is -0.144. The van der Waals surface area contributed by atoms with Crippen LogP contribution in [0.25, 0.3) is 17.1 Å². The molecule has 0 saturated heterocycles. The van der Waals surface area contributed by atoms with Crippen molar-refractivity contribution < 1.29 is 23.4 Å². The summed E-state index contributed by atoms with van der Waals surface area (Å²) >= 11 is 0. The van der Waals surface area contributed by atoms with E-state index in [4.69, 9.17) is 9.84 Å². The second-order valence-electron chi connectivity index (χ2n) is 5.06. The fourth-order valence-corrected chi connectivity index (χ4v) is 2.08. The van der Waals surface area contributed by atoms with Gasteiger partial charge in [0.1, 0.15) is 0 Å². The highest BCUT2D eigenvalue weighted by Crippen LogP contribution is 2.27. The van der Waals surface area contributed by atoms with E-state index in [9.17, 15) is 13.6 Å². The van der Waals surface area contributed by atoms with Crippen LogP contribution >= 0.6 is 0 Å². The maximum atomic E-state index is 14.1. The van der Waals surface area contributed by atoms with Gasteiger partial charge in [-0.25, -0.2) is 23.8 Å². The van der Waals surface area contributed by atoms with Gasteiger partial charge >= 0.3 is 5.97 Å². The summed E-state index contributed by atoms with van der Waals surface area (Å²) in [6.45, 7) is 1.34. The number of carboxylic acid groups (broad SMARTS) is 1. The molecule has 1 N–H and O–H groups in total.